The highest BCUT2D eigenvalue weighted by Gasteiger charge is 2.34. The van der Waals surface area contributed by atoms with E-state index in [0.717, 1.165) is 25.9 Å². The first-order valence-corrected chi connectivity index (χ1v) is 6.69. The van der Waals surface area contributed by atoms with Crippen molar-refractivity contribution >= 4 is 5.91 Å². The van der Waals surface area contributed by atoms with Gasteiger partial charge in [0.15, 0.2) is 0 Å². The van der Waals surface area contributed by atoms with E-state index in [9.17, 15) is 4.79 Å². The minimum Gasteiger partial charge on any atom is -0.377 e. The van der Waals surface area contributed by atoms with Gasteiger partial charge in [-0.2, -0.15) is 0 Å². The highest BCUT2D eigenvalue weighted by atomic mass is 16.5. The number of rotatable bonds is 6. The molecule has 4 nitrogen and oxygen atoms in total. The second kappa shape index (κ2) is 6.90. The summed E-state index contributed by atoms with van der Waals surface area (Å²) in [5, 5.41) is 0. The Morgan fingerprint density at radius 1 is 1.61 bits per heavy atom. The Kier molecular flexibility index (Phi) is 5.82. The number of likely N-dealkylation sites (tertiary alicyclic amines) is 1. The van der Waals surface area contributed by atoms with Gasteiger partial charge in [0.05, 0.1) is 6.61 Å². The molecule has 1 heterocycles. The molecule has 2 N–H and O–H groups in total. The number of nitrogens with two attached hydrogens (primary N) is 1. The van der Waals surface area contributed by atoms with Crippen LogP contribution in [0.5, 0.6) is 0 Å². The van der Waals surface area contributed by atoms with Crippen molar-refractivity contribution in [2.75, 3.05) is 26.3 Å². The summed E-state index contributed by atoms with van der Waals surface area (Å²) in [5.41, 5.74) is 6.08. The number of ether oxygens (including phenoxy) is 1. The molecule has 0 aliphatic carbocycles. The number of carbonyl (C=O) groups excluding carboxylic acids is 1. The van der Waals surface area contributed by atoms with Crippen LogP contribution in [0.15, 0.2) is 12.7 Å². The number of hydrogen-bond donors (Lipinski definition) is 1. The Morgan fingerprint density at radius 2 is 2.33 bits per heavy atom. The zero-order chi connectivity index (χ0) is 13.6. The summed E-state index contributed by atoms with van der Waals surface area (Å²) in [4.78, 5) is 14.0. The van der Waals surface area contributed by atoms with Gasteiger partial charge in [-0.1, -0.05) is 19.9 Å². The fourth-order valence-electron chi connectivity index (χ4n) is 2.24. The van der Waals surface area contributed by atoms with Crippen LogP contribution >= 0.6 is 0 Å². The highest BCUT2D eigenvalue weighted by molar-refractivity contribution is 5.76. The van der Waals surface area contributed by atoms with E-state index in [2.05, 4.69) is 20.4 Å². The SMILES string of the molecule is C=CCOCCCC(=O)N1CCC(N)C(C)(C)C1. The second-order valence-electron chi connectivity index (χ2n) is 5.67. The lowest BCUT2D eigenvalue weighted by Crippen LogP contribution is -2.53. The maximum absolute atomic E-state index is 12.0. The van der Waals surface area contributed by atoms with Gasteiger partial charge in [-0.3, -0.25) is 4.79 Å². The van der Waals surface area contributed by atoms with Crippen LogP contribution in [0.3, 0.4) is 0 Å². The Bertz CT molecular complexity index is 290. The van der Waals surface area contributed by atoms with Crippen molar-refractivity contribution in [2.45, 2.75) is 39.2 Å². The zero-order valence-electron chi connectivity index (χ0n) is 11.7. The van der Waals surface area contributed by atoms with Crippen molar-refractivity contribution < 1.29 is 9.53 Å². The van der Waals surface area contributed by atoms with Crippen molar-refractivity contribution in [3.05, 3.63) is 12.7 Å². The fraction of sp³-hybridized carbons (Fsp3) is 0.786. The van der Waals surface area contributed by atoms with Gasteiger partial charge in [-0.25, -0.2) is 0 Å². The van der Waals surface area contributed by atoms with Crippen LogP contribution < -0.4 is 5.73 Å². The fourth-order valence-corrected chi connectivity index (χ4v) is 2.24. The van der Waals surface area contributed by atoms with E-state index in [1.807, 2.05) is 4.90 Å². The normalized spacial score (nSPS) is 22.8. The lowest BCUT2D eigenvalue weighted by atomic mass is 9.79. The zero-order valence-corrected chi connectivity index (χ0v) is 11.7. The average Bonchev–Trinajstić information content (AvgIpc) is 2.32. The predicted molar refractivity (Wildman–Crippen MR) is 73.2 cm³/mol. The van der Waals surface area contributed by atoms with Crippen LogP contribution in [0, 0.1) is 5.41 Å². The van der Waals surface area contributed by atoms with Crippen LogP contribution in [-0.4, -0.2) is 43.2 Å². The molecule has 1 atom stereocenters. The molecule has 1 saturated heterocycles. The third-order valence-corrected chi connectivity index (χ3v) is 3.58. The Labute approximate surface area is 110 Å². The number of amides is 1. The van der Waals surface area contributed by atoms with Crippen molar-refractivity contribution in [1.82, 2.24) is 4.90 Å². The molecule has 4 heteroatoms. The van der Waals surface area contributed by atoms with Crippen molar-refractivity contribution in [3.8, 4) is 0 Å². The standard InChI is InChI=1S/C14H26N2O2/c1-4-9-18-10-5-6-13(17)16-8-7-12(15)14(2,3)11-16/h4,12H,1,5-11,15H2,2-3H3. The summed E-state index contributed by atoms with van der Waals surface area (Å²) in [6.07, 6.45) is 3.94. The number of carbonyl (C=O) groups is 1. The van der Waals surface area contributed by atoms with E-state index in [1.165, 1.54) is 0 Å². The van der Waals surface area contributed by atoms with Crippen LogP contribution in [0.1, 0.15) is 33.1 Å². The smallest absolute Gasteiger partial charge is 0.222 e. The highest BCUT2D eigenvalue weighted by Crippen LogP contribution is 2.28. The van der Waals surface area contributed by atoms with E-state index >= 15 is 0 Å². The predicted octanol–water partition coefficient (Wildman–Crippen LogP) is 1.55. The summed E-state index contributed by atoms with van der Waals surface area (Å²) < 4.78 is 5.27. The molecule has 0 aromatic heterocycles. The molecular weight excluding hydrogens is 228 g/mol. The third-order valence-electron chi connectivity index (χ3n) is 3.58. The van der Waals surface area contributed by atoms with Gasteiger partial charge < -0.3 is 15.4 Å². The maximum atomic E-state index is 12.0. The average molecular weight is 254 g/mol. The number of nitrogens with zero attached hydrogens (tertiary/aromatic N) is 1. The molecule has 0 radical (unpaired) electrons. The summed E-state index contributed by atoms with van der Waals surface area (Å²) in [5.74, 6) is 0.220. The topological polar surface area (TPSA) is 55.6 Å². The molecule has 1 aliphatic rings. The van der Waals surface area contributed by atoms with Crippen molar-refractivity contribution in [1.29, 1.82) is 0 Å². The van der Waals surface area contributed by atoms with Crippen molar-refractivity contribution in [2.24, 2.45) is 11.1 Å². The van der Waals surface area contributed by atoms with Gasteiger partial charge in [-0.05, 0) is 18.3 Å². The second-order valence-corrected chi connectivity index (χ2v) is 5.67. The molecule has 1 rings (SSSR count). The van der Waals surface area contributed by atoms with Crippen LogP contribution in [0.4, 0.5) is 0 Å². The van der Waals surface area contributed by atoms with Gasteiger partial charge in [0.2, 0.25) is 5.91 Å². The molecule has 1 aliphatic heterocycles. The summed E-state index contributed by atoms with van der Waals surface area (Å²) >= 11 is 0. The molecule has 0 spiro atoms. The Balaban J connectivity index is 2.28. The van der Waals surface area contributed by atoms with E-state index in [1.54, 1.807) is 6.08 Å². The monoisotopic (exact) mass is 254 g/mol. The van der Waals surface area contributed by atoms with E-state index in [0.29, 0.717) is 19.6 Å². The molecular formula is C14H26N2O2. The lowest BCUT2D eigenvalue weighted by Gasteiger charge is -2.42. The molecule has 1 amide bonds. The van der Waals surface area contributed by atoms with E-state index < -0.39 is 0 Å². The van der Waals surface area contributed by atoms with Gasteiger partial charge in [-0.15, -0.1) is 6.58 Å². The van der Waals surface area contributed by atoms with Crippen LogP contribution in [0.2, 0.25) is 0 Å². The molecule has 104 valence electrons. The molecule has 0 aromatic carbocycles. The molecule has 0 aromatic rings. The van der Waals surface area contributed by atoms with E-state index in [-0.39, 0.29) is 17.4 Å². The minimum atomic E-state index is 0.0211. The van der Waals surface area contributed by atoms with Gasteiger partial charge >= 0.3 is 0 Å². The first-order chi connectivity index (χ1) is 8.47. The molecule has 18 heavy (non-hydrogen) atoms. The minimum absolute atomic E-state index is 0.0211. The number of piperidine rings is 1. The van der Waals surface area contributed by atoms with Crippen LogP contribution in [-0.2, 0) is 9.53 Å². The molecule has 0 bridgehead atoms. The third kappa shape index (κ3) is 4.42. The Hall–Kier alpha value is -0.870. The summed E-state index contributed by atoms with van der Waals surface area (Å²) in [7, 11) is 0. The number of hydrogen-bond acceptors (Lipinski definition) is 3. The quantitative estimate of drug-likeness (QED) is 0.578. The lowest BCUT2D eigenvalue weighted by molar-refractivity contribution is -0.135. The van der Waals surface area contributed by atoms with Gasteiger partial charge in [0, 0.05) is 32.2 Å². The summed E-state index contributed by atoms with van der Waals surface area (Å²) in [6, 6.07) is 0.192. The molecule has 1 fully saturated rings. The van der Waals surface area contributed by atoms with E-state index in [4.69, 9.17) is 10.5 Å². The molecule has 0 saturated carbocycles. The van der Waals surface area contributed by atoms with Gasteiger partial charge in [0.1, 0.15) is 0 Å². The van der Waals surface area contributed by atoms with Gasteiger partial charge in [0.25, 0.3) is 0 Å². The van der Waals surface area contributed by atoms with Crippen molar-refractivity contribution in [3.63, 3.8) is 0 Å². The first kappa shape index (κ1) is 15.2. The maximum Gasteiger partial charge on any atom is 0.222 e. The Morgan fingerprint density at radius 3 is 2.94 bits per heavy atom. The van der Waals surface area contributed by atoms with Crippen LogP contribution in [0.25, 0.3) is 0 Å². The first-order valence-electron chi connectivity index (χ1n) is 6.69. The molecule has 1 unspecified atom stereocenters. The largest absolute Gasteiger partial charge is 0.377 e. The summed E-state index contributed by atoms with van der Waals surface area (Å²) in [6.45, 7) is 10.6.